The van der Waals surface area contributed by atoms with Gasteiger partial charge in [-0.3, -0.25) is 9.59 Å². The number of rotatable bonds is 7. The third kappa shape index (κ3) is 4.28. The molecule has 0 bridgehead atoms. The first-order chi connectivity index (χ1) is 14.4. The molecule has 3 N–H and O–H groups in total. The van der Waals surface area contributed by atoms with Crippen LogP contribution in [0.4, 0.5) is 5.69 Å². The largest absolute Gasteiger partial charge is 0.495 e. The molecule has 0 aliphatic carbocycles. The number of ether oxygens (including phenoxy) is 3. The normalized spacial score (nSPS) is 11.6. The molecule has 1 unspecified atom stereocenters. The monoisotopic (exact) mass is 431 g/mol. The number of benzene rings is 2. The summed E-state index contributed by atoms with van der Waals surface area (Å²) in [6.07, 6.45) is 0. The highest BCUT2D eigenvalue weighted by atomic mass is 35.5. The second-order valence-corrected chi connectivity index (χ2v) is 6.89. The molecule has 0 saturated heterocycles. The lowest BCUT2D eigenvalue weighted by Gasteiger charge is -2.14. The summed E-state index contributed by atoms with van der Waals surface area (Å²) >= 11 is 6.07. The van der Waals surface area contributed by atoms with E-state index in [9.17, 15) is 9.59 Å². The van der Waals surface area contributed by atoms with E-state index in [-0.39, 0.29) is 5.91 Å². The van der Waals surface area contributed by atoms with Crippen molar-refractivity contribution in [1.82, 2.24) is 10.3 Å². The van der Waals surface area contributed by atoms with Gasteiger partial charge in [-0.2, -0.15) is 0 Å². The molecule has 0 spiro atoms. The zero-order chi connectivity index (χ0) is 21.8. The molecular weight excluding hydrogens is 410 g/mol. The van der Waals surface area contributed by atoms with Gasteiger partial charge in [0.2, 0.25) is 5.91 Å². The smallest absolute Gasteiger partial charge is 0.268 e. The first-order valence-corrected chi connectivity index (χ1v) is 9.44. The SMILES string of the molecule is COc1ccc(NC(=O)C(C)NC(=O)c2cc3c(OC)c(OC)ccc3[nH]2)cc1Cl. The van der Waals surface area contributed by atoms with E-state index in [2.05, 4.69) is 15.6 Å². The number of H-pyrrole nitrogens is 1. The molecule has 30 heavy (non-hydrogen) atoms. The van der Waals surface area contributed by atoms with Crippen molar-refractivity contribution in [2.45, 2.75) is 13.0 Å². The van der Waals surface area contributed by atoms with Crippen LogP contribution in [0.3, 0.4) is 0 Å². The standard InChI is InChI=1S/C21H22ClN3O5/c1-11(20(26)24-12-5-7-17(28-2)14(22)9-12)23-21(27)16-10-13-15(25-16)6-8-18(29-3)19(13)30-4/h5-11,25H,1-4H3,(H,23,27)(H,24,26). The second-order valence-electron chi connectivity index (χ2n) is 6.48. The van der Waals surface area contributed by atoms with E-state index in [1.54, 1.807) is 50.4 Å². The van der Waals surface area contributed by atoms with Crippen LogP contribution in [0.2, 0.25) is 5.02 Å². The number of hydrogen-bond acceptors (Lipinski definition) is 5. The van der Waals surface area contributed by atoms with Gasteiger partial charge >= 0.3 is 0 Å². The number of anilines is 1. The molecule has 8 nitrogen and oxygen atoms in total. The molecule has 0 aliphatic rings. The van der Waals surface area contributed by atoms with Gasteiger partial charge in [0.25, 0.3) is 5.91 Å². The van der Waals surface area contributed by atoms with Gasteiger partial charge < -0.3 is 29.8 Å². The van der Waals surface area contributed by atoms with E-state index < -0.39 is 11.9 Å². The molecule has 2 amide bonds. The molecule has 9 heteroatoms. The highest BCUT2D eigenvalue weighted by molar-refractivity contribution is 6.32. The van der Waals surface area contributed by atoms with Crippen LogP contribution in [0.5, 0.6) is 17.2 Å². The average molecular weight is 432 g/mol. The van der Waals surface area contributed by atoms with Crippen LogP contribution in [-0.4, -0.2) is 44.2 Å². The number of carbonyl (C=O) groups excluding carboxylic acids is 2. The molecule has 3 aromatic rings. The van der Waals surface area contributed by atoms with E-state index in [0.717, 1.165) is 0 Å². The van der Waals surface area contributed by atoms with Crippen LogP contribution < -0.4 is 24.8 Å². The number of carbonyl (C=O) groups is 2. The number of aromatic amines is 1. The molecule has 158 valence electrons. The molecular formula is C21H22ClN3O5. The number of fused-ring (bicyclic) bond motifs is 1. The highest BCUT2D eigenvalue weighted by Crippen LogP contribution is 2.35. The van der Waals surface area contributed by atoms with E-state index >= 15 is 0 Å². The fourth-order valence-electron chi connectivity index (χ4n) is 2.99. The minimum atomic E-state index is -0.791. The Balaban J connectivity index is 1.72. The van der Waals surface area contributed by atoms with Crippen LogP contribution in [0, 0.1) is 0 Å². The van der Waals surface area contributed by atoms with E-state index in [1.807, 2.05) is 0 Å². The molecule has 1 aromatic heterocycles. The summed E-state index contributed by atoms with van der Waals surface area (Å²) in [5.41, 5.74) is 1.50. The van der Waals surface area contributed by atoms with Crippen molar-refractivity contribution in [2.24, 2.45) is 0 Å². The van der Waals surface area contributed by atoms with E-state index in [0.29, 0.717) is 44.6 Å². The number of halogens is 1. The predicted molar refractivity (Wildman–Crippen MR) is 115 cm³/mol. The summed E-state index contributed by atoms with van der Waals surface area (Å²) in [5.74, 6) is 0.763. The Labute approximate surface area is 178 Å². The third-order valence-electron chi connectivity index (χ3n) is 4.55. The van der Waals surface area contributed by atoms with Crippen molar-refractivity contribution < 1.29 is 23.8 Å². The summed E-state index contributed by atoms with van der Waals surface area (Å²) < 4.78 is 15.8. The maximum atomic E-state index is 12.6. The van der Waals surface area contributed by atoms with E-state index in [4.69, 9.17) is 25.8 Å². The predicted octanol–water partition coefficient (Wildman–Crippen LogP) is 3.60. The summed E-state index contributed by atoms with van der Waals surface area (Å²) in [5, 5.41) is 6.45. The van der Waals surface area contributed by atoms with Crippen molar-refractivity contribution in [1.29, 1.82) is 0 Å². The molecule has 0 radical (unpaired) electrons. The van der Waals surface area contributed by atoms with Gasteiger partial charge in [-0.1, -0.05) is 11.6 Å². The zero-order valence-corrected chi connectivity index (χ0v) is 17.7. The summed E-state index contributed by atoms with van der Waals surface area (Å²) in [7, 11) is 4.58. The fourth-order valence-corrected chi connectivity index (χ4v) is 3.24. The molecule has 0 fully saturated rings. The lowest BCUT2D eigenvalue weighted by Crippen LogP contribution is -2.41. The molecule has 0 aliphatic heterocycles. The average Bonchev–Trinajstić information content (AvgIpc) is 3.17. The Morgan fingerprint density at radius 1 is 1.00 bits per heavy atom. The topological polar surface area (TPSA) is 102 Å². The number of methoxy groups -OCH3 is 3. The Bertz CT molecular complexity index is 1100. The van der Waals surface area contributed by atoms with Crippen LogP contribution in [0.25, 0.3) is 10.9 Å². The van der Waals surface area contributed by atoms with Crippen LogP contribution in [0.1, 0.15) is 17.4 Å². The van der Waals surface area contributed by atoms with Crippen LogP contribution >= 0.6 is 11.6 Å². The summed E-state index contributed by atoms with van der Waals surface area (Å²) in [4.78, 5) is 28.1. The van der Waals surface area contributed by atoms with Crippen LogP contribution in [0.15, 0.2) is 36.4 Å². The van der Waals surface area contributed by atoms with Gasteiger partial charge in [0.15, 0.2) is 11.5 Å². The highest BCUT2D eigenvalue weighted by Gasteiger charge is 2.20. The maximum Gasteiger partial charge on any atom is 0.268 e. The van der Waals surface area contributed by atoms with Crippen LogP contribution in [-0.2, 0) is 4.79 Å². The van der Waals surface area contributed by atoms with Gasteiger partial charge in [-0.25, -0.2) is 0 Å². The Kier molecular flexibility index (Phi) is 6.37. The minimum absolute atomic E-state index is 0.295. The van der Waals surface area contributed by atoms with Crippen molar-refractivity contribution in [3.8, 4) is 17.2 Å². The summed E-state index contributed by atoms with van der Waals surface area (Å²) in [6, 6.07) is 9.28. The summed E-state index contributed by atoms with van der Waals surface area (Å²) in [6.45, 7) is 1.59. The van der Waals surface area contributed by atoms with Gasteiger partial charge in [0, 0.05) is 11.1 Å². The Morgan fingerprint density at radius 3 is 2.33 bits per heavy atom. The van der Waals surface area contributed by atoms with Gasteiger partial charge in [0.1, 0.15) is 17.5 Å². The van der Waals surface area contributed by atoms with Gasteiger partial charge in [-0.15, -0.1) is 0 Å². The number of hydrogen-bond donors (Lipinski definition) is 3. The van der Waals surface area contributed by atoms with Crippen molar-refractivity contribution in [3.05, 3.63) is 47.1 Å². The van der Waals surface area contributed by atoms with Crippen molar-refractivity contribution in [3.63, 3.8) is 0 Å². The van der Waals surface area contributed by atoms with Gasteiger partial charge in [-0.05, 0) is 43.3 Å². The number of amides is 2. The molecule has 2 aromatic carbocycles. The van der Waals surface area contributed by atoms with Gasteiger partial charge in [0.05, 0.1) is 31.9 Å². The molecule has 0 saturated carbocycles. The first kappa shape index (κ1) is 21.3. The number of aromatic nitrogens is 1. The Hall–Kier alpha value is -3.39. The Morgan fingerprint density at radius 2 is 1.70 bits per heavy atom. The molecule has 1 atom stereocenters. The lowest BCUT2D eigenvalue weighted by molar-refractivity contribution is -0.117. The van der Waals surface area contributed by atoms with Crippen molar-refractivity contribution >= 4 is 40.0 Å². The number of nitrogens with one attached hydrogen (secondary N) is 3. The molecule has 1 heterocycles. The zero-order valence-electron chi connectivity index (χ0n) is 17.0. The lowest BCUT2D eigenvalue weighted by atomic mass is 10.2. The minimum Gasteiger partial charge on any atom is -0.495 e. The first-order valence-electron chi connectivity index (χ1n) is 9.07. The third-order valence-corrected chi connectivity index (χ3v) is 4.84. The molecule has 3 rings (SSSR count). The second kappa shape index (κ2) is 8.96. The maximum absolute atomic E-state index is 12.6. The fraction of sp³-hybridized carbons (Fsp3) is 0.238. The van der Waals surface area contributed by atoms with Crippen molar-refractivity contribution in [2.75, 3.05) is 26.6 Å². The van der Waals surface area contributed by atoms with E-state index in [1.165, 1.54) is 14.2 Å². The quantitative estimate of drug-likeness (QED) is 0.530.